The van der Waals surface area contributed by atoms with Crippen LogP contribution in [0.25, 0.3) is 11.0 Å². The highest BCUT2D eigenvalue weighted by atomic mass is 16.2. The van der Waals surface area contributed by atoms with Crippen LogP contribution in [0.2, 0.25) is 0 Å². The highest BCUT2D eigenvalue weighted by Gasteiger charge is 2.30. The monoisotopic (exact) mass is 525 g/mol. The van der Waals surface area contributed by atoms with E-state index in [4.69, 9.17) is 4.98 Å². The minimum atomic E-state index is -0.161. The Kier molecular flexibility index (Phi) is 9.71. The molecule has 10 heteroatoms. The zero-order chi connectivity index (χ0) is 27.1. The summed E-state index contributed by atoms with van der Waals surface area (Å²) < 4.78 is 1.70. The third-order valence-corrected chi connectivity index (χ3v) is 7.53. The van der Waals surface area contributed by atoms with E-state index in [-0.39, 0.29) is 23.8 Å². The second-order valence-electron chi connectivity index (χ2n) is 10.6. The van der Waals surface area contributed by atoms with Gasteiger partial charge in [-0.3, -0.25) is 19.3 Å². The van der Waals surface area contributed by atoms with Crippen LogP contribution in [-0.2, 0) is 16.6 Å². The van der Waals surface area contributed by atoms with Crippen molar-refractivity contribution >= 4 is 34.6 Å². The molecule has 38 heavy (non-hydrogen) atoms. The summed E-state index contributed by atoms with van der Waals surface area (Å²) in [5.41, 5.74) is 1.16. The Labute approximate surface area is 225 Å². The predicted molar refractivity (Wildman–Crippen MR) is 148 cm³/mol. The molecule has 5 rings (SSSR count). The molecule has 3 aliphatic rings. The number of aryl methyl sites for hydroxylation is 1. The summed E-state index contributed by atoms with van der Waals surface area (Å²) in [6.45, 7) is 9.09. The van der Waals surface area contributed by atoms with E-state index in [0.29, 0.717) is 31.6 Å². The van der Waals surface area contributed by atoms with Crippen LogP contribution < -0.4 is 10.2 Å². The zero-order valence-corrected chi connectivity index (χ0v) is 23.2. The van der Waals surface area contributed by atoms with Crippen molar-refractivity contribution in [2.45, 2.75) is 77.7 Å². The molecule has 3 aliphatic heterocycles. The van der Waals surface area contributed by atoms with Crippen LogP contribution in [0, 0.1) is 0 Å². The summed E-state index contributed by atoms with van der Waals surface area (Å²) in [5, 5.41) is 8.45. The number of pyridine rings is 1. The first-order valence-electron chi connectivity index (χ1n) is 14.4. The minimum Gasteiger partial charge on any atom is -0.357 e. The highest BCUT2D eigenvalue weighted by Crippen LogP contribution is 2.23. The number of carbonyl (C=O) groups is 3. The fraction of sp³-hybridized carbons (Fsp3) is 0.679. The molecule has 0 spiro atoms. The van der Waals surface area contributed by atoms with E-state index in [9.17, 15) is 14.4 Å². The number of nitrogens with zero attached hydrogens (tertiary/aromatic N) is 6. The van der Waals surface area contributed by atoms with Crippen molar-refractivity contribution in [2.24, 2.45) is 7.05 Å². The molecule has 3 fully saturated rings. The molecule has 10 nitrogen and oxygen atoms in total. The largest absolute Gasteiger partial charge is 0.357 e. The maximum Gasteiger partial charge on any atom is 0.272 e. The predicted octanol–water partition coefficient (Wildman–Crippen LogP) is 3.11. The first kappa shape index (κ1) is 28.0. The Hall–Kier alpha value is -3.01. The maximum atomic E-state index is 13.1. The summed E-state index contributed by atoms with van der Waals surface area (Å²) >= 11 is 0. The molecule has 0 aromatic carbocycles. The quantitative estimate of drug-likeness (QED) is 0.578. The van der Waals surface area contributed by atoms with Crippen LogP contribution >= 0.6 is 0 Å². The van der Waals surface area contributed by atoms with Gasteiger partial charge in [-0.25, -0.2) is 9.67 Å². The minimum absolute atomic E-state index is 0.0622. The number of likely N-dealkylation sites (tertiary alicyclic amines) is 2. The highest BCUT2D eigenvalue weighted by molar-refractivity contribution is 6.04. The second-order valence-corrected chi connectivity index (χ2v) is 10.6. The zero-order valence-electron chi connectivity index (χ0n) is 23.2. The number of rotatable bonds is 6. The number of fused-ring (bicyclic) bond motifs is 1. The smallest absolute Gasteiger partial charge is 0.272 e. The number of nitrogens with one attached hydrogen (secondary N) is 1. The van der Waals surface area contributed by atoms with Crippen molar-refractivity contribution in [1.82, 2.24) is 29.9 Å². The number of aromatic nitrogens is 3. The van der Waals surface area contributed by atoms with Gasteiger partial charge in [-0.15, -0.1) is 0 Å². The number of piperidine rings is 1. The van der Waals surface area contributed by atoms with Crippen LogP contribution in [0.1, 0.15) is 82.1 Å². The Morgan fingerprint density at radius 3 is 2.21 bits per heavy atom. The van der Waals surface area contributed by atoms with Crippen molar-refractivity contribution < 1.29 is 14.4 Å². The van der Waals surface area contributed by atoms with Crippen molar-refractivity contribution in [2.75, 3.05) is 44.2 Å². The molecular formula is C28H43N7O3. The molecule has 0 atom stereocenters. The lowest BCUT2D eigenvalue weighted by atomic mass is 10.0. The topological polar surface area (TPSA) is 104 Å². The van der Waals surface area contributed by atoms with E-state index in [2.05, 4.69) is 34.1 Å². The summed E-state index contributed by atoms with van der Waals surface area (Å²) in [6.07, 6.45) is 8.50. The summed E-state index contributed by atoms with van der Waals surface area (Å²) in [5.74, 6) is 0.672. The average Bonchev–Trinajstić information content (AvgIpc) is 3.27. The van der Waals surface area contributed by atoms with Crippen molar-refractivity contribution in [3.8, 4) is 0 Å². The summed E-state index contributed by atoms with van der Waals surface area (Å²) in [7, 11) is 1.84. The Bertz CT molecular complexity index is 1100. The van der Waals surface area contributed by atoms with E-state index >= 15 is 0 Å². The molecule has 3 saturated heterocycles. The van der Waals surface area contributed by atoms with Crippen LogP contribution in [0.5, 0.6) is 0 Å². The van der Waals surface area contributed by atoms with Gasteiger partial charge >= 0.3 is 0 Å². The fourth-order valence-electron chi connectivity index (χ4n) is 5.43. The molecule has 2 aromatic heterocycles. The lowest BCUT2D eigenvalue weighted by Crippen LogP contribution is -2.47. The van der Waals surface area contributed by atoms with Gasteiger partial charge in [0.1, 0.15) is 5.82 Å². The first-order chi connectivity index (χ1) is 18.4. The van der Waals surface area contributed by atoms with E-state index in [1.807, 2.05) is 19.2 Å². The fourth-order valence-corrected chi connectivity index (χ4v) is 5.43. The number of amides is 3. The number of carbonyl (C=O) groups excluding carboxylic acids is 3. The molecule has 0 radical (unpaired) electrons. The third-order valence-electron chi connectivity index (χ3n) is 7.53. The van der Waals surface area contributed by atoms with Crippen molar-refractivity contribution in [3.05, 3.63) is 17.8 Å². The molecule has 0 aliphatic carbocycles. The van der Waals surface area contributed by atoms with E-state index in [1.54, 1.807) is 4.68 Å². The molecule has 0 bridgehead atoms. The molecule has 0 saturated carbocycles. The molecule has 3 amide bonds. The number of imide groups is 1. The van der Waals surface area contributed by atoms with Gasteiger partial charge < -0.3 is 15.1 Å². The standard InChI is InChI=1S/C25H35N7O3.C3H8/c1-29-24-19(6-7-20(27-24)31-12-4-2-3-5-13-31)23(28-29)25(35)26-18-10-14-30(15-11-18)16-17-32-21(33)8-9-22(32)34;1-3-2/h6-7,18H,2-5,8-17H2,1H3,(H,26,35);3H2,1-2H3. The molecule has 5 heterocycles. The van der Waals surface area contributed by atoms with Gasteiger partial charge in [0.25, 0.3) is 5.91 Å². The molecular weight excluding hydrogens is 482 g/mol. The van der Waals surface area contributed by atoms with Crippen LogP contribution in [-0.4, -0.2) is 87.6 Å². The summed E-state index contributed by atoms with van der Waals surface area (Å²) in [4.78, 5) is 47.5. The van der Waals surface area contributed by atoms with Gasteiger partial charge in [0.15, 0.2) is 11.3 Å². The lowest BCUT2D eigenvalue weighted by Gasteiger charge is -2.33. The maximum absolute atomic E-state index is 13.1. The molecule has 208 valence electrons. The Morgan fingerprint density at radius 2 is 1.58 bits per heavy atom. The van der Waals surface area contributed by atoms with Gasteiger partial charge in [0.05, 0.1) is 5.39 Å². The average molecular weight is 526 g/mol. The Morgan fingerprint density at radius 1 is 0.947 bits per heavy atom. The van der Waals surface area contributed by atoms with Gasteiger partial charge in [0, 0.05) is 65.2 Å². The number of anilines is 1. The number of hydrogen-bond acceptors (Lipinski definition) is 7. The van der Waals surface area contributed by atoms with E-state index in [0.717, 1.165) is 55.9 Å². The van der Waals surface area contributed by atoms with Gasteiger partial charge in [-0.05, 0) is 37.8 Å². The van der Waals surface area contributed by atoms with E-state index in [1.165, 1.54) is 37.0 Å². The second kappa shape index (κ2) is 13.2. The summed E-state index contributed by atoms with van der Waals surface area (Å²) in [6, 6.07) is 4.07. The first-order valence-corrected chi connectivity index (χ1v) is 14.4. The van der Waals surface area contributed by atoms with Crippen LogP contribution in [0.4, 0.5) is 5.82 Å². The molecule has 0 unspecified atom stereocenters. The molecule has 1 N–H and O–H groups in total. The van der Waals surface area contributed by atoms with Crippen LogP contribution in [0.3, 0.4) is 0 Å². The third kappa shape index (κ3) is 6.70. The van der Waals surface area contributed by atoms with Gasteiger partial charge in [0.2, 0.25) is 11.8 Å². The van der Waals surface area contributed by atoms with Crippen molar-refractivity contribution in [1.29, 1.82) is 0 Å². The number of hydrogen-bond donors (Lipinski definition) is 1. The SMILES string of the molecule is CCC.Cn1nc(C(=O)NC2CCN(CCN3C(=O)CCC3=O)CC2)c2ccc(N3CCCCCC3)nc21. The van der Waals surface area contributed by atoms with E-state index < -0.39 is 0 Å². The van der Waals surface area contributed by atoms with Crippen LogP contribution in [0.15, 0.2) is 12.1 Å². The van der Waals surface area contributed by atoms with Gasteiger partial charge in [-0.2, -0.15) is 5.10 Å². The Balaban J connectivity index is 0.00000107. The van der Waals surface area contributed by atoms with Gasteiger partial charge in [-0.1, -0.05) is 33.1 Å². The normalized spacial score (nSPS) is 19.4. The molecule has 2 aromatic rings. The lowest BCUT2D eigenvalue weighted by molar-refractivity contribution is -0.138. The van der Waals surface area contributed by atoms with Crippen molar-refractivity contribution in [3.63, 3.8) is 0 Å².